The average molecular weight is 328 g/mol. The van der Waals surface area contributed by atoms with Crippen molar-refractivity contribution < 1.29 is 14.3 Å². The molecule has 4 nitrogen and oxygen atoms in total. The van der Waals surface area contributed by atoms with E-state index in [4.69, 9.17) is 9.47 Å². The van der Waals surface area contributed by atoms with Crippen LogP contribution in [-0.2, 0) is 0 Å². The number of fused-ring (bicyclic) bond motifs is 1. The highest BCUT2D eigenvalue weighted by Crippen LogP contribution is 2.31. The zero-order valence-electron chi connectivity index (χ0n) is 11.2. The largest absolute Gasteiger partial charge is 0.486 e. The summed E-state index contributed by atoms with van der Waals surface area (Å²) in [5.41, 5.74) is 0.633. The summed E-state index contributed by atoms with van der Waals surface area (Å²) in [4.78, 5) is 14.4. The molecule has 0 radical (unpaired) electrons. The number of ether oxygens (including phenoxy) is 2. The van der Waals surface area contributed by atoms with Gasteiger partial charge in [0.1, 0.15) is 13.2 Å². The Morgan fingerprint density at radius 3 is 2.74 bits per heavy atom. The number of nitrogens with zero attached hydrogens (tertiary/aromatic N) is 1. The van der Waals surface area contributed by atoms with E-state index < -0.39 is 0 Å². The van der Waals surface area contributed by atoms with Crippen molar-refractivity contribution >= 4 is 21.8 Å². The fourth-order valence-electron chi connectivity index (χ4n) is 1.87. The molecule has 0 saturated heterocycles. The van der Waals surface area contributed by atoms with E-state index in [1.165, 1.54) is 0 Å². The number of amides is 1. The number of rotatable bonds is 4. The van der Waals surface area contributed by atoms with Gasteiger partial charge in [0, 0.05) is 24.0 Å². The molecule has 1 unspecified atom stereocenters. The SMILES string of the molecule is CC(Br)CCN(C)C(=O)c1ccc2c(c1)OCCO2. The molecule has 0 saturated carbocycles. The monoisotopic (exact) mass is 327 g/mol. The summed E-state index contributed by atoms with van der Waals surface area (Å²) in [6.45, 7) is 3.88. The van der Waals surface area contributed by atoms with Crippen LogP contribution in [0.25, 0.3) is 0 Å². The van der Waals surface area contributed by atoms with Gasteiger partial charge in [-0.05, 0) is 24.6 Å². The van der Waals surface area contributed by atoms with E-state index in [-0.39, 0.29) is 5.91 Å². The van der Waals surface area contributed by atoms with Crippen LogP contribution in [0.1, 0.15) is 23.7 Å². The van der Waals surface area contributed by atoms with Gasteiger partial charge in [-0.25, -0.2) is 0 Å². The summed E-state index contributed by atoms with van der Waals surface area (Å²) in [5.74, 6) is 1.36. The summed E-state index contributed by atoms with van der Waals surface area (Å²) in [5, 5.41) is 0. The molecule has 5 heteroatoms. The van der Waals surface area contributed by atoms with Gasteiger partial charge in [-0.2, -0.15) is 0 Å². The quantitative estimate of drug-likeness (QED) is 0.798. The normalized spacial score (nSPS) is 14.9. The lowest BCUT2D eigenvalue weighted by Crippen LogP contribution is -2.29. The van der Waals surface area contributed by atoms with Crippen molar-refractivity contribution in [2.75, 3.05) is 26.8 Å². The van der Waals surface area contributed by atoms with Gasteiger partial charge < -0.3 is 14.4 Å². The van der Waals surface area contributed by atoms with Gasteiger partial charge >= 0.3 is 0 Å². The Bertz CT molecular complexity index is 462. The predicted molar refractivity (Wildman–Crippen MR) is 77.4 cm³/mol. The zero-order chi connectivity index (χ0) is 13.8. The third-order valence-electron chi connectivity index (χ3n) is 3.00. The molecule has 1 aromatic carbocycles. The minimum absolute atomic E-state index is 0.00474. The highest BCUT2D eigenvalue weighted by Gasteiger charge is 2.17. The number of benzene rings is 1. The Morgan fingerprint density at radius 1 is 1.37 bits per heavy atom. The number of carbonyl (C=O) groups excluding carboxylic acids is 1. The number of halogens is 1. The van der Waals surface area contributed by atoms with E-state index in [9.17, 15) is 4.79 Å². The predicted octanol–water partition coefficient (Wildman–Crippen LogP) is 2.70. The molecule has 1 amide bonds. The maximum absolute atomic E-state index is 12.3. The molecule has 0 N–H and O–H groups in total. The van der Waals surface area contributed by atoms with Crippen LogP contribution in [0.3, 0.4) is 0 Å². The lowest BCUT2D eigenvalue weighted by atomic mass is 10.1. The van der Waals surface area contributed by atoms with Crippen LogP contribution < -0.4 is 9.47 Å². The molecule has 0 aliphatic carbocycles. The molecule has 0 bridgehead atoms. The minimum Gasteiger partial charge on any atom is -0.486 e. The summed E-state index contributed by atoms with van der Waals surface area (Å²) in [6, 6.07) is 5.33. The van der Waals surface area contributed by atoms with Crippen LogP contribution >= 0.6 is 15.9 Å². The maximum Gasteiger partial charge on any atom is 0.253 e. The second-order valence-electron chi connectivity index (χ2n) is 4.65. The van der Waals surface area contributed by atoms with Gasteiger partial charge in [-0.1, -0.05) is 22.9 Å². The number of carbonyl (C=O) groups is 1. The fraction of sp³-hybridized carbons (Fsp3) is 0.500. The molecule has 1 aliphatic heterocycles. The van der Waals surface area contributed by atoms with Crippen molar-refractivity contribution in [2.24, 2.45) is 0 Å². The van der Waals surface area contributed by atoms with Crippen molar-refractivity contribution in [1.82, 2.24) is 4.90 Å². The van der Waals surface area contributed by atoms with Gasteiger partial charge in [-0.15, -0.1) is 0 Å². The van der Waals surface area contributed by atoms with E-state index in [0.717, 1.165) is 13.0 Å². The average Bonchev–Trinajstić information content (AvgIpc) is 2.43. The summed E-state index contributed by atoms with van der Waals surface area (Å²) in [6.07, 6.45) is 0.923. The highest BCUT2D eigenvalue weighted by molar-refractivity contribution is 9.09. The van der Waals surface area contributed by atoms with Crippen molar-refractivity contribution in [1.29, 1.82) is 0 Å². The van der Waals surface area contributed by atoms with Gasteiger partial charge in [0.25, 0.3) is 5.91 Å². The summed E-state index contributed by atoms with van der Waals surface area (Å²) >= 11 is 3.48. The molecule has 0 aromatic heterocycles. The second-order valence-corrected chi connectivity index (χ2v) is 6.22. The van der Waals surface area contributed by atoms with Gasteiger partial charge in [-0.3, -0.25) is 4.79 Å². The van der Waals surface area contributed by atoms with Crippen LogP contribution in [0, 0.1) is 0 Å². The lowest BCUT2D eigenvalue weighted by Gasteiger charge is -2.21. The first kappa shape index (κ1) is 14.2. The minimum atomic E-state index is 0.00474. The van der Waals surface area contributed by atoms with E-state index >= 15 is 0 Å². The first-order valence-corrected chi connectivity index (χ1v) is 7.28. The van der Waals surface area contributed by atoms with Crippen LogP contribution in [0.5, 0.6) is 11.5 Å². The van der Waals surface area contributed by atoms with Crippen molar-refractivity contribution in [3.63, 3.8) is 0 Å². The molecule has 2 rings (SSSR count). The Morgan fingerprint density at radius 2 is 2.05 bits per heavy atom. The molecular formula is C14H18BrNO3. The lowest BCUT2D eigenvalue weighted by molar-refractivity contribution is 0.0793. The first-order valence-electron chi connectivity index (χ1n) is 6.37. The molecular weight excluding hydrogens is 310 g/mol. The molecule has 0 spiro atoms. The van der Waals surface area contributed by atoms with E-state index in [0.29, 0.717) is 35.1 Å². The van der Waals surface area contributed by atoms with Crippen LogP contribution in [0.15, 0.2) is 18.2 Å². The Labute approximate surface area is 121 Å². The summed E-state index contributed by atoms with van der Waals surface area (Å²) < 4.78 is 10.9. The van der Waals surface area contributed by atoms with Gasteiger partial charge in [0.05, 0.1) is 0 Å². The van der Waals surface area contributed by atoms with E-state index in [2.05, 4.69) is 22.9 Å². The number of hydrogen-bond donors (Lipinski definition) is 0. The Balaban J connectivity index is 2.06. The first-order chi connectivity index (χ1) is 9.08. The molecule has 1 aliphatic rings. The topological polar surface area (TPSA) is 38.8 Å². The van der Waals surface area contributed by atoms with E-state index in [1.807, 2.05) is 7.05 Å². The summed E-state index contributed by atoms with van der Waals surface area (Å²) in [7, 11) is 1.81. The van der Waals surface area contributed by atoms with Gasteiger partial charge in [0.15, 0.2) is 11.5 Å². The fourth-order valence-corrected chi connectivity index (χ4v) is 2.07. The molecule has 104 valence electrons. The molecule has 19 heavy (non-hydrogen) atoms. The maximum atomic E-state index is 12.3. The third-order valence-corrected chi connectivity index (χ3v) is 3.46. The Hall–Kier alpha value is -1.23. The zero-order valence-corrected chi connectivity index (χ0v) is 12.8. The van der Waals surface area contributed by atoms with Crippen molar-refractivity contribution in [3.05, 3.63) is 23.8 Å². The van der Waals surface area contributed by atoms with E-state index in [1.54, 1.807) is 23.1 Å². The number of hydrogen-bond acceptors (Lipinski definition) is 3. The number of alkyl halides is 1. The van der Waals surface area contributed by atoms with Crippen molar-refractivity contribution in [3.8, 4) is 11.5 Å². The Kier molecular flexibility index (Phi) is 4.69. The highest BCUT2D eigenvalue weighted by atomic mass is 79.9. The van der Waals surface area contributed by atoms with Gasteiger partial charge in [0.2, 0.25) is 0 Å². The van der Waals surface area contributed by atoms with Crippen molar-refractivity contribution in [2.45, 2.75) is 18.2 Å². The van der Waals surface area contributed by atoms with Crippen LogP contribution in [-0.4, -0.2) is 42.4 Å². The van der Waals surface area contributed by atoms with Crippen LogP contribution in [0.4, 0.5) is 0 Å². The smallest absolute Gasteiger partial charge is 0.253 e. The molecule has 0 fully saturated rings. The second kappa shape index (κ2) is 6.28. The molecule has 1 atom stereocenters. The molecule has 1 heterocycles. The third kappa shape index (κ3) is 3.62. The van der Waals surface area contributed by atoms with Crippen LogP contribution in [0.2, 0.25) is 0 Å². The standard InChI is InChI=1S/C14H18BrNO3/c1-10(15)5-6-16(2)14(17)11-3-4-12-13(9-11)19-8-7-18-12/h3-4,9-10H,5-8H2,1-2H3. The molecule has 1 aromatic rings.